The molecule has 0 saturated heterocycles. The first-order valence-electron chi connectivity index (χ1n) is 6.32. The number of benzene rings is 1. The summed E-state index contributed by atoms with van der Waals surface area (Å²) in [5, 5.41) is 17.2. The van der Waals surface area contributed by atoms with E-state index in [4.69, 9.17) is 27.7 Å². The summed E-state index contributed by atoms with van der Waals surface area (Å²) in [5.41, 5.74) is 1.35. The number of rotatable bonds is 4. The highest BCUT2D eigenvalue weighted by Crippen LogP contribution is 2.26. The number of hydrogen-bond acceptors (Lipinski definition) is 4. The van der Waals surface area contributed by atoms with Gasteiger partial charge in [0.1, 0.15) is 11.4 Å². The highest BCUT2D eigenvalue weighted by molar-refractivity contribution is 6.34. The molecule has 0 radical (unpaired) electrons. The lowest BCUT2D eigenvalue weighted by Gasteiger charge is -2.12. The molecule has 0 aliphatic heterocycles. The lowest BCUT2D eigenvalue weighted by atomic mass is 10.1. The molecule has 1 aromatic heterocycles. The minimum Gasteiger partial charge on any atom is -0.378 e. The minimum atomic E-state index is -1.39. The Bertz CT molecular complexity index is 650. The zero-order valence-electron chi connectivity index (χ0n) is 11.5. The molecule has 1 unspecified atom stereocenters. The summed E-state index contributed by atoms with van der Waals surface area (Å²) in [6.45, 7) is 3.59. The first kappa shape index (κ1) is 15.8. The number of aromatic nitrogens is 1. The zero-order chi connectivity index (χ0) is 15.6. The Morgan fingerprint density at radius 3 is 2.57 bits per heavy atom. The Kier molecular flexibility index (Phi) is 4.88. The van der Waals surface area contributed by atoms with Gasteiger partial charge in [-0.15, -0.1) is 0 Å². The van der Waals surface area contributed by atoms with Crippen molar-refractivity contribution in [1.29, 1.82) is 0 Å². The number of anilines is 1. The van der Waals surface area contributed by atoms with Gasteiger partial charge in [0.15, 0.2) is 11.9 Å². The zero-order valence-corrected chi connectivity index (χ0v) is 13.0. The molecule has 1 amide bonds. The molecule has 1 atom stereocenters. The Labute approximate surface area is 131 Å². The fourth-order valence-electron chi connectivity index (χ4n) is 1.89. The maximum atomic E-state index is 12.1. The molecule has 2 aromatic rings. The quantitative estimate of drug-likeness (QED) is 0.900. The van der Waals surface area contributed by atoms with Gasteiger partial charge in [-0.3, -0.25) is 4.79 Å². The van der Waals surface area contributed by atoms with E-state index in [-0.39, 0.29) is 0 Å². The lowest BCUT2D eigenvalue weighted by molar-refractivity contribution is -0.124. The number of nitrogens with one attached hydrogen (secondary N) is 1. The van der Waals surface area contributed by atoms with Crippen LogP contribution < -0.4 is 5.32 Å². The van der Waals surface area contributed by atoms with Gasteiger partial charge in [-0.05, 0) is 30.7 Å². The van der Waals surface area contributed by atoms with Gasteiger partial charge in [0.05, 0.1) is 0 Å². The Hall–Kier alpha value is -1.56. The Morgan fingerprint density at radius 1 is 1.38 bits per heavy atom. The van der Waals surface area contributed by atoms with Crippen LogP contribution in [0.4, 0.5) is 5.69 Å². The first-order chi connectivity index (χ1) is 9.92. The molecular weight excluding hydrogens is 315 g/mol. The van der Waals surface area contributed by atoms with Crippen molar-refractivity contribution < 1.29 is 14.4 Å². The molecular formula is C14H14Cl2N2O3. The number of aliphatic hydroxyl groups is 1. The van der Waals surface area contributed by atoms with Crippen LogP contribution in [0.3, 0.4) is 0 Å². The monoisotopic (exact) mass is 328 g/mol. The van der Waals surface area contributed by atoms with E-state index in [0.29, 0.717) is 39.2 Å². The van der Waals surface area contributed by atoms with Crippen LogP contribution in [-0.2, 0) is 11.2 Å². The molecule has 0 fully saturated rings. The van der Waals surface area contributed by atoms with E-state index in [1.54, 1.807) is 6.92 Å². The van der Waals surface area contributed by atoms with E-state index in [9.17, 15) is 9.90 Å². The normalized spacial score (nSPS) is 12.2. The second-order valence-electron chi connectivity index (χ2n) is 4.51. The van der Waals surface area contributed by atoms with Crippen LogP contribution in [0.1, 0.15) is 30.0 Å². The Balaban J connectivity index is 2.21. The van der Waals surface area contributed by atoms with Gasteiger partial charge < -0.3 is 14.9 Å². The predicted octanol–water partition coefficient (Wildman–Crippen LogP) is 3.52. The molecule has 5 nitrogen and oxygen atoms in total. The SMILES string of the molecule is CCc1onc(C)c1NC(=O)C(O)c1cc(Cl)cc(Cl)c1. The third kappa shape index (κ3) is 3.56. The highest BCUT2D eigenvalue weighted by Gasteiger charge is 2.22. The topological polar surface area (TPSA) is 75.4 Å². The predicted molar refractivity (Wildman–Crippen MR) is 80.7 cm³/mol. The van der Waals surface area contributed by atoms with E-state index in [1.165, 1.54) is 18.2 Å². The molecule has 0 aliphatic carbocycles. The van der Waals surface area contributed by atoms with Crippen LogP contribution >= 0.6 is 23.2 Å². The largest absolute Gasteiger partial charge is 0.378 e. The van der Waals surface area contributed by atoms with Gasteiger partial charge in [0.25, 0.3) is 5.91 Å². The van der Waals surface area contributed by atoms with Crippen LogP contribution in [-0.4, -0.2) is 16.2 Å². The second-order valence-corrected chi connectivity index (χ2v) is 5.39. The fraction of sp³-hybridized carbons (Fsp3) is 0.286. The summed E-state index contributed by atoms with van der Waals surface area (Å²) in [7, 11) is 0. The average Bonchev–Trinajstić information content (AvgIpc) is 2.77. The number of amides is 1. The van der Waals surface area contributed by atoms with Gasteiger partial charge in [-0.1, -0.05) is 35.3 Å². The molecule has 2 rings (SSSR count). The maximum absolute atomic E-state index is 12.1. The number of hydrogen-bond donors (Lipinski definition) is 2. The maximum Gasteiger partial charge on any atom is 0.257 e. The first-order valence-corrected chi connectivity index (χ1v) is 7.08. The molecule has 0 aliphatic rings. The summed E-state index contributed by atoms with van der Waals surface area (Å²) in [5.74, 6) is -0.0495. The smallest absolute Gasteiger partial charge is 0.257 e. The van der Waals surface area contributed by atoms with Crippen LogP contribution in [0.2, 0.25) is 10.0 Å². The molecule has 21 heavy (non-hydrogen) atoms. The summed E-state index contributed by atoms with van der Waals surface area (Å²) in [6, 6.07) is 4.49. The molecule has 7 heteroatoms. The van der Waals surface area contributed by atoms with Crippen LogP contribution in [0.25, 0.3) is 0 Å². The van der Waals surface area contributed by atoms with E-state index >= 15 is 0 Å². The summed E-state index contributed by atoms with van der Waals surface area (Å²) in [4.78, 5) is 12.1. The summed E-state index contributed by atoms with van der Waals surface area (Å²) in [6.07, 6.45) is -0.810. The number of halogens is 2. The summed E-state index contributed by atoms with van der Waals surface area (Å²) < 4.78 is 5.08. The summed E-state index contributed by atoms with van der Waals surface area (Å²) >= 11 is 11.7. The number of carbonyl (C=O) groups is 1. The molecule has 0 saturated carbocycles. The van der Waals surface area contributed by atoms with Crippen LogP contribution in [0, 0.1) is 6.92 Å². The molecule has 1 aromatic carbocycles. The van der Waals surface area contributed by atoms with Crippen molar-refractivity contribution in [3.8, 4) is 0 Å². The van der Waals surface area contributed by atoms with Crippen molar-refractivity contribution in [1.82, 2.24) is 5.16 Å². The lowest BCUT2D eigenvalue weighted by Crippen LogP contribution is -2.21. The molecule has 2 N–H and O–H groups in total. The molecule has 112 valence electrons. The molecule has 0 bridgehead atoms. The van der Waals surface area contributed by atoms with Gasteiger partial charge >= 0.3 is 0 Å². The van der Waals surface area contributed by atoms with Gasteiger partial charge in [-0.2, -0.15) is 0 Å². The Morgan fingerprint density at radius 2 is 2.00 bits per heavy atom. The second kappa shape index (κ2) is 6.47. The molecule has 0 spiro atoms. The van der Waals surface area contributed by atoms with Crippen molar-refractivity contribution in [2.75, 3.05) is 5.32 Å². The fourth-order valence-corrected chi connectivity index (χ4v) is 2.44. The van der Waals surface area contributed by atoms with E-state index in [1.807, 2.05) is 6.92 Å². The third-order valence-corrected chi connectivity index (χ3v) is 3.39. The highest BCUT2D eigenvalue weighted by atomic mass is 35.5. The standard InChI is InChI=1S/C14H14Cl2N2O3/c1-3-11-12(7(2)18-21-11)17-14(20)13(19)8-4-9(15)6-10(16)5-8/h4-6,13,19H,3H2,1-2H3,(H,17,20). The van der Waals surface area contributed by atoms with Crippen LogP contribution in [0.15, 0.2) is 22.7 Å². The van der Waals surface area contributed by atoms with E-state index in [0.717, 1.165) is 0 Å². The number of aliphatic hydroxyl groups excluding tert-OH is 1. The van der Waals surface area contributed by atoms with Crippen molar-refractivity contribution in [2.45, 2.75) is 26.4 Å². The van der Waals surface area contributed by atoms with Crippen molar-refractivity contribution in [3.05, 3.63) is 45.3 Å². The average molecular weight is 329 g/mol. The third-order valence-electron chi connectivity index (χ3n) is 2.95. The van der Waals surface area contributed by atoms with Gasteiger partial charge in [0, 0.05) is 16.5 Å². The number of carbonyl (C=O) groups excluding carboxylic acids is 1. The van der Waals surface area contributed by atoms with Gasteiger partial charge in [-0.25, -0.2) is 0 Å². The van der Waals surface area contributed by atoms with Crippen molar-refractivity contribution >= 4 is 34.8 Å². The van der Waals surface area contributed by atoms with E-state index in [2.05, 4.69) is 10.5 Å². The van der Waals surface area contributed by atoms with Crippen LogP contribution in [0.5, 0.6) is 0 Å². The number of nitrogens with zero attached hydrogens (tertiary/aromatic N) is 1. The van der Waals surface area contributed by atoms with E-state index < -0.39 is 12.0 Å². The van der Waals surface area contributed by atoms with Gasteiger partial charge in [0.2, 0.25) is 0 Å². The number of aryl methyl sites for hydroxylation is 2. The van der Waals surface area contributed by atoms with Crippen molar-refractivity contribution in [3.63, 3.8) is 0 Å². The van der Waals surface area contributed by atoms with Crippen molar-refractivity contribution in [2.24, 2.45) is 0 Å². The molecule has 1 heterocycles. The minimum absolute atomic E-state index is 0.317.